The van der Waals surface area contributed by atoms with Crippen LogP contribution in [0.25, 0.3) is 0 Å². The van der Waals surface area contributed by atoms with Gasteiger partial charge in [-0.25, -0.2) is 4.68 Å². The molecule has 0 fully saturated rings. The molecule has 0 bridgehead atoms. The standard InChI is InChI=1S/C14H19N3O/c1-4-14(18)13-9-17(16-15-13)8-12-6-5-10(2)11(3)7-12/h5-7,9,14,18H,4,8H2,1-3H3. The lowest BCUT2D eigenvalue weighted by molar-refractivity contribution is 0.168. The Morgan fingerprint density at radius 1 is 1.28 bits per heavy atom. The zero-order valence-corrected chi connectivity index (χ0v) is 11.1. The summed E-state index contributed by atoms with van der Waals surface area (Å²) >= 11 is 0. The van der Waals surface area contributed by atoms with Gasteiger partial charge in [0.15, 0.2) is 0 Å². The minimum Gasteiger partial charge on any atom is -0.387 e. The Morgan fingerprint density at radius 2 is 2.06 bits per heavy atom. The van der Waals surface area contributed by atoms with E-state index < -0.39 is 6.10 Å². The van der Waals surface area contributed by atoms with Crippen LogP contribution in [0.15, 0.2) is 24.4 Å². The third-order valence-corrected chi connectivity index (χ3v) is 3.20. The topological polar surface area (TPSA) is 50.9 Å². The number of rotatable bonds is 4. The normalized spacial score (nSPS) is 12.7. The first-order chi connectivity index (χ1) is 8.60. The van der Waals surface area contributed by atoms with Gasteiger partial charge in [-0.15, -0.1) is 5.10 Å². The quantitative estimate of drug-likeness (QED) is 0.899. The summed E-state index contributed by atoms with van der Waals surface area (Å²) in [7, 11) is 0. The number of aryl methyl sites for hydroxylation is 2. The zero-order valence-electron chi connectivity index (χ0n) is 11.1. The fourth-order valence-electron chi connectivity index (χ4n) is 1.84. The van der Waals surface area contributed by atoms with Gasteiger partial charge in [-0.3, -0.25) is 0 Å². The summed E-state index contributed by atoms with van der Waals surface area (Å²) in [6, 6.07) is 6.37. The molecule has 96 valence electrons. The Bertz CT molecular complexity index is 534. The number of aromatic nitrogens is 3. The second-order valence-corrected chi connectivity index (χ2v) is 4.68. The van der Waals surface area contributed by atoms with Crippen LogP contribution in [-0.4, -0.2) is 20.1 Å². The van der Waals surface area contributed by atoms with E-state index in [1.807, 2.05) is 13.1 Å². The second-order valence-electron chi connectivity index (χ2n) is 4.68. The summed E-state index contributed by atoms with van der Waals surface area (Å²) in [5.41, 5.74) is 4.41. The minimum absolute atomic E-state index is 0.515. The van der Waals surface area contributed by atoms with Crippen LogP contribution in [0, 0.1) is 13.8 Å². The number of hydrogen-bond acceptors (Lipinski definition) is 3. The molecule has 2 rings (SSSR count). The highest BCUT2D eigenvalue weighted by molar-refractivity contribution is 5.29. The molecule has 0 amide bonds. The highest BCUT2D eigenvalue weighted by Crippen LogP contribution is 2.14. The predicted molar refractivity (Wildman–Crippen MR) is 70.3 cm³/mol. The smallest absolute Gasteiger partial charge is 0.111 e. The van der Waals surface area contributed by atoms with Crippen molar-refractivity contribution in [1.82, 2.24) is 15.0 Å². The van der Waals surface area contributed by atoms with Crippen LogP contribution >= 0.6 is 0 Å². The van der Waals surface area contributed by atoms with Gasteiger partial charge >= 0.3 is 0 Å². The summed E-state index contributed by atoms with van der Waals surface area (Å²) in [6.07, 6.45) is 1.95. The molecule has 0 saturated carbocycles. The van der Waals surface area contributed by atoms with Crippen molar-refractivity contribution in [1.29, 1.82) is 0 Å². The Kier molecular flexibility index (Phi) is 3.77. The second kappa shape index (κ2) is 5.31. The molecule has 0 saturated heterocycles. The summed E-state index contributed by atoms with van der Waals surface area (Å²) < 4.78 is 1.76. The number of benzene rings is 1. The summed E-state index contributed by atoms with van der Waals surface area (Å²) in [6.45, 7) is 6.81. The van der Waals surface area contributed by atoms with Gasteiger partial charge < -0.3 is 5.11 Å². The van der Waals surface area contributed by atoms with E-state index in [4.69, 9.17) is 0 Å². The van der Waals surface area contributed by atoms with Crippen LogP contribution in [0.2, 0.25) is 0 Å². The first kappa shape index (κ1) is 12.8. The molecule has 0 spiro atoms. The molecule has 2 aromatic rings. The molecular formula is C14H19N3O. The zero-order chi connectivity index (χ0) is 13.1. The molecule has 0 radical (unpaired) electrons. The fraction of sp³-hybridized carbons (Fsp3) is 0.429. The number of nitrogens with zero attached hydrogens (tertiary/aromatic N) is 3. The molecule has 0 aliphatic rings. The van der Waals surface area contributed by atoms with E-state index >= 15 is 0 Å². The van der Waals surface area contributed by atoms with Crippen LogP contribution in [-0.2, 0) is 6.54 Å². The van der Waals surface area contributed by atoms with Crippen LogP contribution in [0.4, 0.5) is 0 Å². The molecule has 1 N–H and O–H groups in total. The molecular weight excluding hydrogens is 226 g/mol. The molecule has 4 heteroatoms. The summed E-state index contributed by atoms with van der Waals surface area (Å²) in [5, 5.41) is 17.7. The number of aliphatic hydroxyl groups is 1. The van der Waals surface area contributed by atoms with Crippen molar-refractivity contribution in [3.05, 3.63) is 46.8 Å². The van der Waals surface area contributed by atoms with Gasteiger partial charge in [0.2, 0.25) is 0 Å². The Morgan fingerprint density at radius 3 is 2.72 bits per heavy atom. The van der Waals surface area contributed by atoms with E-state index in [1.165, 1.54) is 16.7 Å². The number of hydrogen-bond donors (Lipinski definition) is 1. The summed E-state index contributed by atoms with van der Waals surface area (Å²) in [4.78, 5) is 0. The van der Waals surface area contributed by atoms with Gasteiger partial charge in [0, 0.05) is 0 Å². The van der Waals surface area contributed by atoms with E-state index in [0.29, 0.717) is 18.7 Å². The Hall–Kier alpha value is -1.68. The molecule has 1 atom stereocenters. The Balaban J connectivity index is 2.13. The highest BCUT2D eigenvalue weighted by atomic mass is 16.3. The lowest BCUT2D eigenvalue weighted by Gasteiger charge is -2.05. The van der Waals surface area contributed by atoms with Crippen LogP contribution < -0.4 is 0 Å². The van der Waals surface area contributed by atoms with E-state index in [2.05, 4.69) is 42.4 Å². The maximum absolute atomic E-state index is 9.67. The van der Waals surface area contributed by atoms with Crippen molar-refractivity contribution < 1.29 is 5.11 Å². The van der Waals surface area contributed by atoms with Crippen LogP contribution in [0.3, 0.4) is 0 Å². The average molecular weight is 245 g/mol. The Labute approximate surface area is 107 Å². The van der Waals surface area contributed by atoms with Gasteiger partial charge in [-0.1, -0.05) is 30.3 Å². The lowest BCUT2D eigenvalue weighted by Crippen LogP contribution is -2.01. The predicted octanol–water partition coefficient (Wildman–Crippen LogP) is 2.39. The van der Waals surface area contributed by atoms with Crippen LogP contribution in [0.1, 0.15) is 41.8 Å². The lowest BCUT2D eigenvalue weighted by atomic mass is 10.1. The van der Waals surface area contributed by atoms with Gasteiger partial charge in [-0.05, 0) is 37.0 Å². The van der Waals surface area contributed by atoms with E-state index in [0.717, 1.165) is 0 Å². The molecule has 18 heavy (non-hydrogen) atoms. The van der Waals surface area contributed by atoms with E-state index in [-0.39, 0.29) is 0 Å². The van der Waals surface area contributed by atoms with Gasteiger partial charge in [0.1, 0.15) is 5.69 Å². The van der Waals surface area contributed by atoms with Crippen LogP contribution in [0.5, 0.6) is 0 Å². The molecule has 1 aromatic carbocycles. The van der Waals surface area contributed by atoms with E-state index in [1.54, 1.807) is 4.68 Å². The summed E-state index contributed by atoms with van der Waals surface area (Å²) in [5.74, 6) is 0. The van der Waals surface area contributed by atoms with Crippen molar-refractivity contribution in [3.63, 3.8) is 0 Å². The third kappa shape index (κ3) is 2.76. The average Bonchev–Trinajstić information content (AvgIpc) is 2.81. The SMILES string of the molecule is CCC(O)c1cn(Cc2ccc(C)c(C)c2)nn1. The first-order valence-electron chi connectivity index (χ1n) is 6.24. The van der Waals surface area contributed by atoms with Gasteiger partial charge in [0.25, 0.3) is 0 Å². The fourth-order valence-corrected chi connectivity index (χ4v) is 1.84. The minimum atomic E-state index is -0.515. The molecule has 1 aromatic heterocycles. The highest BCUT2D eigenvalue weighted by Gasteiger charge is 2.09. The monoisotopic (exact) mass is 245 g/mol. The molecule has 1 heterocycles. The van der Waals surface area contributed by atoms with Crippen molar-refractivity contribution >= 4 is 0 Å². The first-order valence-corrected chi connectivity index (χ1v) is 6.24. The van der Waals surface area contributed by atoms with Crippen molar-refractivity contribution in [2.45, 2.75) is 39.8 Å². The van der Waals surface area contributed by atoms with E-state index in [9.17, 15) is 5.11 Å². The molecule has 0 aliphatic carbocycles. The molecule has 1 unspecified atom stereocenters. The van der Waals surface area contributed by atoms with Gasteiger partial charge in [-0.2, -0.15) is 0 Å². The maximum Gasteiger partial charge on any atom is 0.111 e. The number of aliphatic hydroxyl groups excluding tert-OH is 1. The van der Waals surface area contributed by atoms with Crippen molar-refractivity contribution in [2.75, 3.05) is 0 Å². The molecule has 4 nitrogen and oxygen atoms in total. The van der Waals surface area contributed by atoms with Gasteiger partial charge in [0.05, 0.1) is 18.8 Å². The third-order valence-electron chi connectivity index (χ3n) is 3.20. The maximum atomic E-state index is 9.67. The molecule has 0 aliphatic heterocycles. The largest absolute Gasteiger partial charge is 0.387 e. The van der Waals surface area contributed by atoms with Crippen molar-refractivity contribution in [3.8, 4) is 0 Å². The van der Waals surface area contributed by atoms with Crippen molar-refractivity contribution in [2.24, 2.45) is 0 Å².